The average molecular weight is 262 g/mol. The number of aryl methyl sites for hydroxylation is 1. The van der Waals surface area contributed by atoms with Crippen molar-refractivity contribution in [3.05, 3.63) is 11.8 Å². The number of anilines is 1. The van der Waals surface area contributed by atoms with Crippen LogP contribution in [-0.4, -0.2) is 28.8 Å². The molecule has 2 N–H and O–H groups in total. The molecule has 0 spiro atoms. The van der Waals surface area contributed by atoms with E-state index in [1.54, 1.807) is 0 Å². The predicted octanol–water partition coefficient (Wildman–Crippen LogP) is 1.85. The number of nitrogens with one attached hydrogen (secondary N) is 2. The molecule has 1 aliphatic carbocycles. The van der Waals surface area contributed by atoms with Crippen molar-refractivity contribution in [3.8, 4) is 0 Å². The van der Waals surface area contributed by atoms with E-state index in [1.807, 2.05) is 17.7 Å². The highest BCUT2D eigenvalue weighted by Gasteiger charge is 2.25. The highest BCUT2D eigenvalue weighted by atomic mass is 16.2. The minimum Gasteiger partial charge on any atom is -0.316 e. The van der Waals surface area contributed by atoms with Crippen LogP contribution in [0.2, 0.25) is 0 Å². The van der Waals surface area contributed by atoms with Crippen molar-refractivity contribution < 1.29 is 4.79 Å². The first kappa shape index (κ1) is 12.7. The number of carbonyl (C=O) groups excluding carboxylic acids is 1. The molecule has 0 radical (unpaired) electrons. The molecule has 2 aliphatic rings. The molecule has 3 rings (SSSR count). The third-order valence-corrected chi connectivity index (χ3v) is 4.21. The molecular formula is C14H22N4O. The van der Waals surface area contributed by atoms with Crippen molar-refractivity contribution in [1.82, 2.24) is 15.1 Å². The molecule has 2 fully saturated rings. The van der Waals surface area contributed by atoms with E-state index in [-0.39, 0.29) is 11.8 Å². The van der Waals surface area contributed by atoms with Gasteiger partial charge in [-0.1, -0.05) is 12.8 Å². The first-order valence-electron chi connectivity index (χ1n) is 7.32. The molecule has 5 nitrogen and oxygen atoms in total. The van der Waals surface area contributed by atoms with Gasteiger partial charge in [-0.2, -0.15) is 5.10 Å². The molecule has 0 aromatic carbocycles. The summed E-state index contributed by atoms with van der Waals surface area (Å²) >= 11 is 0. The summed E-state index contributed by atoms with van der Waals surface area (Å²) in [6.45, 7) is 3.72. The van der Waals surface area contributed by atoms with Crippen LogP contribution in [0.1, 0.15) is 43.8 Å². The molecule has 104 valence electrons. The van der Waals surface area contributed by atoms with E-state index in [9.17, 15) is 4.79 Å². The second-order valence-electron chi connectivity index (χ2n) is 5.73. The lowest BCUT2D eigenvalue weighted by Crippen LogP contribution is -2.26. The maximum Gasteiger partial charge on any atom is 0.229 e. The lowest BCUT2D eigenvalue weighted by atomic mass is 10.1. The second kappa shape index (κ2) is 5.33. The molecule has 0 unspecified atom stereocenters. The molecular weight excluding hydrogens is 240 g/mol. The quantitative estimate of drug-likeness (QED) is 0.874. The van der Waals surface area contributed by atoms with E-state index in [0.29, 0.717) is 6.04 Å². The summed E-state index contributed by atoms with van der Waals surface area (Å²) in [7, 11) is 0. The van der Waals surface area contributed by atoms with Gasteiger partial charge in [0.2, 0.25) is 5.91 Å². The Kier molecular flexibility index (Phi) is 3.55. The highest BCUT2D eigenvalue weighted by molar-refractivity contribution is 5.92. The Morgan fingerprint density at radius 2 is 2.21 bits per heavy atom. The maximum atomic E-state index is 12.2. The van der Waals surface area contributed by atoms with Crippen LogP contribution in [-0.2, 0) is 4.79 Å². The number of aromatic nitrogens is 2. The highest BCUT2D eigenvalue weighted by Crippen LogP contribution is 2.32. The fourth-order valence-corrected chi connectivity index (χ4v) is 3.14. The summed E-state index contributed by atoms with van der Waals surface area (Å²) in [6.07, 6.45) is 5.82. The Labute approximate surface area is 113 Å². The van der Waals surface area contributed by atoms with Gasteiger partial charge in [-0.25, -0.2) is 4.68 Å². The number of amides is 1. The summed E-state index contributed by atoms with van der Waals surface area (Å²) in [6, 6.07) is 2.45. The van der Waals surface area contributed by atoms with Crippen LogP contribution in [0.4, 0.5) is 5.82 Å². The van der Waals surface area contributed by atoms with E-state index < -0.39 is 0 Å². The Hall–Kier alpha value is -1.36. The molecule has 0 bridgehead atoms. The van der Waals surface area contributed by atoms with Gasteiger partial charge in [-0.3, -0.25) is 4.79 Å². The summed E-state index contributed by atoms with van der Waals surface area (Å²) in [5, 5.41) is 10.9. The topological polar surface area (TPSA) is 59.0 Å². The van der Waals surface area contributed by atoms with Gasteiger partial charge in [0.15, 0.2) is 0 Å². The van der Waals surface area contributed by atoms with Crippen LogP contribution in [0.5, 0.6) is 0 Å². The minimum absolute atomic E-state index is 0.104. The summed E-state index contributed by atoms with van der Waals surface area (Å²) < 4.78 is 2.03. The SMILES string of the molecule is Cc1cc(NC(=O)[C@H]2CCNC2)n(C2CCCC2)n1. The van der Waals surface area contributed by atoms with Gasteiger partial charge in [0, 0.05) is 12.6 Å². The van der Waals surface area contributed by atoms with E-state index in [2.05, 4.69) is 15.7 Å². The normalized spacial score (nSPS) is 23.9. The summed E-state index contributed by atoms with van der Waals surface area (Å²) in [4.78, 5) is 12.2. The molecule has 2 heterocycles. The molecule has 1 amide bonds. The van der Waals surface area contributed by atoms with Crippen molar-refractivity contribution in [1.29, 1.82) is 0 Å². The minimum atomic E-state index is 0.104. The van der Waals surface area contributed by atoms with E-state index in [0.717, 1.165) is 31.0 Å². The van der Waals surface area contributed by atoms with Crippen LogP contribution in [0.3, 0.4) is 0 Å². The Morgan fingerprint density at radius 1 is 1.42 bits per heavy atom. The standard InChI is InChI=1S/C14H22N4O/c1-10-8-13(16-14(19)11-6-7-15-9-11)18(17-10)12-4-2-3-5-12/h8,11-12,15H,2-7,9H2,1H3,(H,16,19)/t11-/m0/s1. The smallest absolute Gasteiger partial charge is 0.229 e. The van der Waals surface area contributed by atoms with Crippen molar-refractivity contribution >= 4 is 11.7 Å². The fourth-order valence-electron chi connectivity index (χ4n) is 3.14. The van der Waals surface area contributed by atoms with Gasteiger partial charge >= 0.3 is 0 Å². The first-order chi connectivity index (χ1) is 9.24. The molecule has 1 saturated carbocycles. The molecule has 5 heteroatoms. The predicted molar refractivity (Wildman–Crippen MR) is 74.1 cm³/mol. The van der Waals surface area contributed by atoms with Crippen LogP contribution in [0.25, 0.3) is 0 Å². The largest absolute Gasteiger partial charge is 0.316 e. The molecule has 1 aromatic heterocycles. The molecule has 19 heavy (non-hydrogen) atoms. The molecule has 1 atom stereocenters. The third kappa shape index (κ3) is 2.66. The second-order valence-corrected chi connectivity index (χ2v) is 5.73. The summed E-state index contributed by atoms with van der Waals surface area (Å²) in [5.41, 5.74) is 0.978. The molecule has 1 aromatic rings. The first-order valence-corrected chi connectivity index (χ1v) is 7.32. The van der Waals surface area contributed by atoms with Crippen LogP contribution in [0, 0.1) is 12.8 Å². The average Bonchev–Trinajstić information content (AvgIpc) is 3.09. The lowest BCUT2D eigenvalue weighted by molar-refractivity contribution is -0.119. The zero-order chi connectivity index (χ0) is 13.2. The lowest BCUT2D eigenvalue weighted by Gasteiger charge is -2.16. The number of rotatable bonds is 3. The molecule has 1 aliphatic heterocycles. The van der Waals surface area contributed by atoms with Crippen LogP contribution in [0.15, 0.2) is 6.07 Å². The van der Waals surface area contributed by atoms with E-state index >= 15 is 0 Å². The third-order valence-electron chi connectivity index (χ3n) is 4.21. The van der Waals surface area contributed by atoms with Gasteiger partial charge in [-0.05, 0) is 32.7 Å². The van der Waals surface area contributed by atoms with E-state index in [1.165, 1.54) is 25.7 Å². The van der Waals surface area contributed by atoms with Gasteiger partial charge in [0.1, 0.15) is 5.82 Å². The van der Waals surface area contributed by atoms with Crippen molar-refractivity contribution in [2.45, 2.75) is 45.1 Å². The number of nitrogens with zero attached hydrogens (tertiary/aromatic N) is 2. The number of hydrogen-bond donors (Lipinski definition) is 2. The van der Waals surface area contributed by atoms with E-state index in [4.69, 9.17) is 0 Å². The zero-order valence-electron chi connectivity index (χ0n) is 11.5. The fraction of sp³-hybridized carbons (Fsp3) is 0.714. The monoisotopic (exact) mass is 262 g/mol. The Morgan fingerprint density at radius 3 is 2.89 bits per heavy atom. The molecule has 1 saturated heterocycles. The maximum absolute atomic E-state index is 12.2. The van der Waals surface area contributed by atoms with Crippen molar-refractivity contribution in [2.75, 3.05) is 18.4 Å². The van der Waals surface area contributed by atoms with Crippen molar-refractivity contribution in [3.63, 3.8) is 0 Å². The Bertz CT molecular complexity index is 456. The van der Waals surface area contributed by atoms with Gasteiger partial charge < -0.3 is 10.6 Å². The zero-order valence-corrected chi connectivity index (χ0v) is 11.5. The van der Waals surface area contributed by atoms with Gasteiger partial charge in [-0.15, -0.1) is 0 Å². The Balaban J connectivity index is 1.74. The van der Waals surface area contributed by atoms with Crippen molar-refractivity contribution in [2.24, 2.45) is 5.92 Å². The van der Waals surface area contributed by atoms with Crippen LogP contribution < -0.4 is 10.6 Å². The summed E-state index contributed by atoms with van der Waals surface area (Å²) in [5.74, 6) is 1.11. The van der Waals surface area contributed by atoms with Gasteiger partial charge in [0.25, 0.3) is 0 Å². The van der Waals surface area contributed by atoms with Gasteiger partial charge in [0.05, 0.1) is 17.7 Å². The number of carbonyl (C=O) groups is 1. The van der Waals surface area contributed by atoms with Crippen LogP contribution >= 0.6 is 0 Å². The number of hydrogen-bond acceptors (Lipinski definition) is 3.